The number of rotatable bonds is 5. The maximum atomic E-state index is 13.4. The fraction of sp³-hybridized carbons (Fsp3) is 0.433. The third kappa shape index (κ3) is 3.94. The first-order valence-electron chi connectivity index (χ1n) is 13.9. The van der Waals surface area contributed by atoms with E-state index < -0.39 is 11.9 Å². The fourth-order valence-electron chi connectivity index (χ4n) is 6.50. The smallest absolute Gasteiger partial charge is 0.259 e. The molecule has 2 N–H and O–H groups in total. The summed E-state index contributed by atoms with van der Waals surface area (Å²) in [6.45, 7) is 4.05. The highest BCUT2D eigenvalue weighted by atomic mass is 16.2. The third-order valence-electron chi connectivity index (χ3n) is 9.07. The van der Waals surface area contributed by atoms with Gasteiger partial charge in [0, 0.05) is 49.0 Å². The summed E-state index contributed by atoms with van der Waals surface area (Å²) < 4.78 is 2.11. The number of nitrogens with one attached hydrogen (secondary N) is 2. The first kappa shape index (κ1) is 24.1. The number of amides is 3. The van der Waals surface area contributed by atoms with Crippen molar-refractivity contribution in [2.75, 3.05) is 18.0 Å². The van der Waals surface area contributed by atoms with Crippen LogP contribution in [0.5, 0.6) is 0 Å². The zero-order chi connectivity index (χ0) is 26.9. The fourth-order valence-corrected chi connectivity index (χ4v) is 6.50. The summed E-state index contributed by atoms with van der Waals surface area (Å²) in [5.41, 5.74) is 3.47. The Morgan fingerprint density at radius 1 is 1.10 bits per heavy atom. The molecule has 3 aromatic rings. The average Bonchev–Trinajstić information content (AvgIpc) is 3.61. The number of aromatic nitrogens is 2. The number of imide groups is 1. The maximum absolute atomic E-state index is 13.4. The number of likely N-dealkylation sites (tertiary alicyclic amines) is 1. The van der Waals surface area contributed by atoms with E-state index in [-0.39, 0.29) is 23.8 Å². The molecule has 2 saturated heterocycles. The maximum Gasteiger partial charge on any atom is 0.259 e. The average molecular weight is 525 g/mol. The molecular formula is C30H32N6O3. The molecule has 4 heterocycles. The van der Waals surface area contributed by atoms with E-state index in [1.807, 2.05) is 36.5 Å². The molecule has 1 unspecified atom stereocenters. The van der Waals surface area contributed by atoms with Crippen molar-refractivity contribution in [1.82, 2.24) is 20.0 Å². The second-order valence-corrected chi connectivity index (χ2v) is 11.7. The largest absolute Gasteiger partial charge is 0.360 e. The van der Waals surface area contributed by atoms with Crippen LogP contribution in [0.25, 0.3) is 10.8 Å². The first-order valence-corrected chi connectivity index (χ1v) is 13.9. The Morgan fingerprint density at radius 2 is 1.90 bits per heavy atom. The van der Waals surface area contributed by atoms with Gasteiger partial charge in [-0.3, -0.25) is 34.7 Å². The third-order valence-corrected chi connectivity index (χ3v) is 9.07. The van der Waals surface area contributed by atoms with Crippen molar-refractivity contribution in [2.45, 2.75) is 63.5 Å². The van der Waals surface area contributed by atoms with E-state index in [1.54, 1.807) is 4.90 Å². The molecule has 3 amide bonds. The Balaban J connectivity index is 1.13. The molecule has 9 heteroatoms. The number of anilines is 1. The van der Waals surface area contributed by atoms with Crippen LogP contribution in [0.4, 0.5) is 5.69 Å². The highest BCUT2D eigenvalue weighted by Gasteiger charge is 2.41. The number of carbonyl (C=O) groups excluding carboxylic acids is 3. The van der Waals surface area contributed by atoms with Gasteiger partial charge in [0.25, 0.3) is 5.91 Å². The molecule has 1 aromatic heterocycles. The molecule has 4 aliphatic rings. The number of hydrogen-bond donors (Lipinski definition) is 2. The minimum absolute atomic E-state index is 0.0739. The van der Waals surface area contributed by atoms with Crippen molar-refractivity contribution in [3.05, 3.63) is 59.4 Å². The minimum Gasteiger partial charge on any atom is -0.360 e. The van der Waals surface area contributed by atoms with Crippen molar-refractivity contribution in [3.63, 3.8) is 0 Å². The summed E-state index contributed by atoms with van der Waals surface area (Å²) in [6, 6.07) is 9.04. The van der Waals surface area contributed by atoms with E-state index in [0.29, 0.717) is 24.3 Å². The predicted octanol–water partition coefficient (Wildman–Crippen LogP) is 3.59. The van der Waals surface area contributed by atoms with Crippen LogP contribution in [-0.2, 0) is 21.5 Å². The Labute approximate surface area is 226 Å². The van der Waals surface area contributed by atoms with Crippen LogP contribution < -0.4 is 10.2 Å². The molecule has 2 aromatic carbocycles. The van der Waals surface area contributed by atoms with Gasteiger partial charge in [0.2, 0.25) is 11.8 Å². The zero-order valence-electron chi connectivity index (χ0n) is 22.1. The van der Waals surface area contributed by atoms with E-state index in [2.05, 4.69) is 28.0 Å². The minimum atomic E-state index is -0.685. The lowest BCUT2D eigenvalue weighted by Crippen LogP contribution is -2.53. The van der Waals surface area contributed by atoms with Gasteiger partial charge in [-0.1, -0.05) is 18.2 Å². The van der Waals surface area contributed by atoms with Gasteiger partial charge in [0.1, 0.15) is 6.04 Å². The van der Waals surface area contributed by atoms with Crippen LogP contribution in [0.15, 0.2) is 42.7 Å². The number of piperidine rings is 2. The van der Waals surface area contributed by atoms with E-state index in [4.69, 9.17) is 10.5 Å². The Morgan fingerprint density at radius 3 is 2.64 bits per heavy atom. The topological polar surface area (TPSA) is 111 Å². The number of hydrogen-bond acceptors (Lipinski definition) is 5. The summed E-state index contributed by atoms with van der Waals surface area (Å²) in [6.07, 6.45) is 9.56. The molecular weight excluding hydrogens is 492 g/mol. The molecule has 1 aliphatic carbocycles. The first-order chi connectivity index (χ1) is 18.8. The molecule has 1 atom stereocenters. The second-order valence-electron chi connectivity index (χ2n) is 11.7. The summed E-state index contributed by atoms with van der Waals surface area (Å²) in [4.78, 5) is 41.5. The van der Waals surface area contributed by atoms with Gasteiger partial charge in [-0.05, 0) is 67.7 Å². The van der Waals surface area contributed by atoms with Gasteiger partial charge in [0.05, 0.1) is 23.3 Å². The summed E-state index contributed by atoms with van der Waals surface area (Å²) in [5.74, 6) is 0.401. The predicted molar refractivity (Wildman–Crippen MR) is 147 cm³/mol. The summed E-state index contributed by atoms with van der Waals surface area (Å²) >= 11 is 0. The molecule has 9 nitrogen and oxygen atoms in total. The molecule has 3 aliphatic heterocycles. The zero-order valence-corrected chi connectivity index (χ0v) is 22.1. The Hall–Kier alpha value is -4.01. The molecule has 7 rings (SSSR count). The van der Waals surface area contributed by atoms with Crippen LogP contribution in [0.1, 0.15) is 66.9 Å². The molecule has 0 spiro atoms. The van der Waals surface area contributed by atoms with Crippen LogP contribution >= 0.6 is 0 Å². The molecule has 0 bridgehead atoms. The van der Waals surface area contributed by atoms with Gasteiger partial charge < -0.3 is 4.90 Å². The van der Waals surface area contributed by atoms with Crippen LogP contribution in [0.2, 0.25) is 0 Å². The molecule has 3 fully saturated rings. The van der Waals surface area contributed by atoms with E-state index >= 15 is 0 Å². The van der Waals surface area contributed by atoms with Gasteiger partial charge >= 0.3 is 0 Å². The van der Waals surface area contributed by atoms with Gasteiger partial charge in [0.15, 0.2) is 0 Å². The van der Waals surface area contributed by atoms with E-state index in [1.165, 1.54) is 0 Å². The lowest BCUT2D eigenvalue weighted by atomic mass is 9.89. The van der Waals surface area contributed by atoms with Crippen molar-refractivity contribution in [3.8, 4) is 0 Å². The SMILES string of the molecule is CC1(n2cc(Cc3ccc4c5c(cccc35)C(=O)N4C3CCC(=O)NC3=O)cn2)CCN(C(=N)C2CC2)CC1. The number of benzene rings is 2. The lowest BCUT2D eigenvalue weighted by molar-refractivity contribution is -0.134. The Kier molecular flexibility index (Phi) is 5.40. The highest BCUT2D eigenvalue weighted by Crippen LogP contribution is 2.41. The van der Waals surface area contributed by atoms with E-state index in [9.17, 15) is 14.4 Å². The summed E-state index contributed by atoms with van der Waals surface area (Å²) in [5, 5.41) is 17.4. The van der Waals surface area contributed by atoms with Gasteiger partial charge in [-0.2, -0.15) is 5.10 Å². The highest BCUT2D eigenvalue weighted by molar-refractivity contribution is 6.27. The number of amidine groups is 1. The summed E-state index contributed by atoms with van der Waals surface area (Å²) in [7, 11) is 0. The lowest BCUT2D eigenvalue weighted by Gasteiger charge is -2.40. The molecule has 200 valence electrons. The van der Waals surface area contributed by atoms with Crippen LogP contribution in [-0.4, -0.2) is 57.4 Å². The quantitative estimate of drug-likeness (QED) is 0.301. The standard InChI is InChI=1S/C30H32N6O3/c1-30(11-13-34(14-12-30)27(31)19-5-6-19)35-17-18(16-32-35)15-20-7-8-23-26-21(20)3-2-4-22(26)29(39)36(23)24-9-10-25(37)33-28(24)38/h2-4,7-8,16-17,19,24,31H,5-6,9-15H2,1H3,(H,33,37,38). The van der Waals surface area contributed by atoms with Crippen molar-refractivity contribution >= 4 is 40.0 Å². The van der Waals surface area contributed by atoms with Crippen molar-refractivity contribution in [1.29, 1.82) is 5.41 Å². The second kappa shape index (κ2) is 8.76. The number of nitrogens with zero attached hydrogens (tertiary/aromatic N) is 4. The van der Waals surface area contributed by atoms with Crippen molar-refractivity contribution < 1.29 is 14.4 Å². The Bertz CT molecular complexity index is 1550. The molecule has 0 radical (unpaired) electrons. The van der Waals surface area contributed by atoms with Gasteiger partial charge in [-0.25, -0.2) is 0 Å². The molecule has 39 heavy (non-hydrogen) atoms. The molecule has 1 saturated carbocycles. The van der Waals surface area contributed by atoms with Crippen LogP contribution in [0.3, 0.4) is 0 Å². The van der Waals surface area contributed by atoms with Gasteiger partial charge in [-0.15, -0.1) is 0 Å². The normalized spacial score (nSPS) is 22.5. The van der Waals surface area contributed by atoms with E-state index in [0.717, 1.165) is 72.2 Å². The van der Waals surface area contributed by atoms with Crippen molar-refractivity contribution in [2.24, 2.45) is 5.92 Å². The monoisotopic (exact) mass is 524 g/mol. The van der Waals surface area contributed by atoms with Crippen LogP contribution in [0, 0.1) is 11.3 Å². The number of carbonyl (C=O) groups is 3.